The Morgan fingerprint density at radius 1 is 1.03 bits per heavy atom. The van der Waals surface area contributed by atoms with Gasteiger partial charge >= 0.3 is 5.97 Å². The molecule has 0 aromatic heterocycles. The highest BCUT2D eigenvalue weighted by atomic mass is 35.5. The van der Waals surface area contributed by atoms with E-state index in [0.717, 1.165) is 17.3 Å². The Morgan fingerprint density at radius 2 is 1.78 bits per heavy atom. The average molecular weight is 505 g/mol. The van der Waals surface area contributed by atoms with Gasteiger partial charge in [-0.3, -0.25) is 9.59 Å². The van der Waals surface area contributed by atoms with Crippen LogP contribution in [0.15, 0.2) is 78.4 Å². The van der Waals surface area contributed by atoms with Gasteiger partial charge in [0.1, 0.15) is 5.82 Å². The van der Waals surface area contributed by atoms with Crippen molar-refractivity contribution in [3.63, 3.8) is 0 Å². The number of carbonyl (C=O) groups is 3. The van der Waals surface area contributed by atoms with Crippen LogP contribution in [0.2, 0.25) is 5.02 Å². The number of fused-ring (bicyclic) bond motifs is 3. The summed E-state index contributed by atoms with van der Waals surface area (Å²) in [6.45, 7) is 0.467. The van der Waals surface area contributed by atoms with E-state index in [1.165, 1.54) is 12.1 Å². The zero-order valence-electron chi connectivity index (χ0n) is 19.1. The topological polar surface area (TPSA) is 86.7 Å². The minimum Gasteiger partial charge on any atom is -0.478 e. The summed E-state index contributed by atoms with van der Waals surface area (Å²) in [6.07, 6.45) is 2.99. The number of nitrogens with zero attached hydrogens (tertiary/aromatic N) is 1. The molecule has 1 aliphatic carbocycles. The Bertz CT molecular complexity index is 1400. The lowest BCUT2D eigenvalue weighted by molar-refractivity contribution is -0.132. The number of hydrogen-bond donors (Lipinski definition) is 2. The third-order valence-corrected chi connectivity index (χ3v) is 7.09. The predicted molar refractivity (Wildman–Crippen MR) is 135 cm³/mol. The third-order valence-electron chi connectivity index (χ3n) is 6.76. The first-order valence-electron chi connectivity index (χ1n) is 11.5. The molecule has 3 aromatic carbocycles. The quantitative estimate of drug-likeness (QED) is 0.463. The van der Waals surface area contributed by atoms with Crippen LogP contribution in [-0.2, 0) is 4.79 Å². The molecular formula is C28H22ClFN2O4. The normalized spacial score (nSPS) is 18.5. The van der Waals surface area contributed by atoms with E-state index in [1.54, 1.807) is 29.2 Å². The standard InChI is InChI=1S/C28H22ClFN2O4/c29-24-10-7-19(30)15-23(24)26(33)31-20-8-5-16(6-9-20)27(34)32-12-11-17-13-18(28(35)36)14-22(17)21-3-1-2-4-25(21)32/h1-10,14-15,17,22H,11-13H2,(H,31,33)(H,35,36)/t17?,22-/m0/s1. The molecule has 5 rings (SSSR count). The molecule has 6 nitrogen and oxygen atoms in total. The van der Waals surface area contributed by atoms with Crippen molar-refractivity contribution in [2.75, 3.05) is 16.8 Å². The zero-order valence-corrected chi connectivity index (χ0v) is 19.8. The van der Waals surface area contributed by atoms with Crippen LogP contribution in [0.25, 0.3) is 0 Å². The molecule has 1 unspecified atom stereocenters. The lowest BCUT2D eigenvalue weighted by Crippen LogP contribution is -2.32. The van der Waals surface area contributed by atoms with Gasteiger partial charge in [0.25, 0.3) is 11.8 Å². The van der Waals surface area contributed by atoms with Gasteiger partial charge in [0.15, 0.2) is 0 Å². The summed E-state index contributed by atoms with van der Waals surface area (Å²) in [5.41, 5.74) is 3.05. The number of halogens is 2. The van der Waals surface area contributed by atoms with Gasteiger partial charge in [-0.15, -0.1) is 0 Å². The van der Waals surface area contributed by atoms with Crippen molar-refractivity contribution < 1.29 is 23.9 Å². The van der Waals surface area contributed by atoms with Gasteiger partial charge in [0.2, 0.25) is 0 Å². The number of allylic oxidation sites excluding steroid dienone is 1. The first-order valence-corrected chi connectivity index (χ1v) is 11.9. The number of aliphatic carboxylic acids is 1. The maximum Gasteiger partial charge on any atom is 0.331 e. The van der Waals surface area contributed by atoms with Crippen LogP contribution >= 0.6 is 11.6 Å². The second-order valence-corrected chi connectivity index (χ2v) is 9.35. The molecule has 1 heterocycles. The lowest BCUT2D eigenvalue weighted by atomic mass is 9.87. The molecule has 8 heteroatoms. The fourth-order valence-corrected chi connectivity index (χ4v) is 5.18. The summed E-state index contributed by atoms with van der Waals surface area (Å²) in [4.78, 5) is 39.3. The lowest BCUT2D eigenvalue weighted by Gasteiger charge is -2.24. The SMILES string of the molecule is O=C(O)C1=C[C@@H]2c3ccccc3N(C(=O)c3ccc(NC(=O)c4cc(F)ccc4Cl)cc3)CCC2C1. The van der Waals surface area contributed by atoms with Crippen molar-refractivity contribution in [3.8, 4) is 0 Å². The second kappa shape index (κ2) is 9.59. The summed E-state index contributed by atoms with van der Waals surface area (Å²) in [7, 11) is 0. The largest absolute Gasteiger partial charge is 0.478 e. The molecule has 0 fully saturated rings. The Labute approximate surface area is 212 Å². The van der Waals surface area contributed by atoms with E-state index in [1.807, 2.05) is 30.3 Å². The number of carboxylic acids is 1. The van der Waals surface area contributed by atoms with Crippen LogP contribution in [0, 0.1) is 11.7 Å². The maximum absolute atomic E-state index is 13.5. The number of amides is 2. The molecular weight excluding hydrogens is 483 g/mol. The van der Waals surface area contributed by atoms with Crippen molar-refractivity contribution in [2.24, 2.45) is 5.92 Å². The number of carboxylic acid groups (broad SMARTS) is 1. The summed E-state index contributed by atoms with van der Waals surface area (Å²) in [5.74, 6) is -2.11. The van der Waals surface area contributed by atoms with Crippen LogP contribution in [0.1, 0.15) is 45.0 Å². The fourth-order valence-electron chi connectivity index (χ4n) is 4.98. The van der Waals surface area contributed by atoms with E-state index in [-0.39, 0.29) is 28.3 Å². The van der Waals surface area contributed by atoms with Gasteiger partial charge in [0, 0.05) is 35.0 Å². The van der Waals surface area contributed by atoms with Crippen molar-refractivity contribution in [3.05, 3.63) is 106 Å². The van der Waals surface area contributed by atoms with Crippen LogP contribution in [-0.4, -0.2) is 29.4 Å². The smallest absolute Gasteiger partial charge is 0.331 e. The van der Waals surface area contributed by atoms with E-state index < -0.39 is 17.7 Å². The molecule has 0 saturated carbocycles. The third kappa shape index (κ3) is 4.50. The Kier molecular flexibility index (Phi) is 6.33. The molecule has 3 aromatic rings. The summed E-state index contributed by atoms with van der Waals surface area (Å²) in [6, 6.07) is 17.6. The Morgan fingerprint density at radius 3 is 2.53 bits per heavy atom. The maximum atomic E-state index is 13.5. The van der Waals surface area contributed by atoms with Crippen LogP contribution in [0.3, 0.4) is 0 Å². The van der Waals surface area contributed by atoms with Crippen molar-refractivity contribution in [1.82, 2.24) is 0 Å². The highest BCUT2D eigenvalue weighted by Gasteiger charge is 2.37. The first kappa shape index (κ1) is 23.8. The number of benzene rings is 3. The minimum absolute atomic E-state index is 0.0173. The average Bonchev–Trinajstić information content (AvgIpc) is 3.24. The molecule has 2 atom stereocenters. The molecule has 2 N–H and O–H groups in total. The van der Waals surface area contributed by atoms with Crippen LogP contribution < -0.4 is 10.2 Å². The monoisotopic (exact) mass is 504 g/mol. The molecule has 182 valence electrons. The molecule has 2 amide bonds. The van der Waals surface area contributed by atoms with Gasteiger partial charge in [-0.1, -0.05) is 35.9 Å². The second-order valence-electron chi connectivity index (χ2n) is 8.95. The van der Waals surface area contributed by atoms with Gasteiger partial charge in [-0.05, 0) is 72.9 Å². The van der Waals surface area contributed by atoms with Crippen molar-refractivity contribution in [1.29, 1.82) is 0 Å². The van der Waals surface area contributed by atoms with E-state index in [2.05, 4.69) is 5.32 Å². The van der Waals surface area contributed by atoms with Gasteiger partial charge in [-0.2, -0.15) is 0 Å². The number of rotatable bonds is 4. The summed E-state index contributed by atoms with van der Waals surface area (Å²) >= 11 is 6.01. The van der Waals surface area contributed by atoms with E-state index >= 15 is 0 Å². The summed E-state index contributed by atoms with van der Waals surface area (Å²) in [5, 5.41) is 12.3. The molecule has 0 radical (unpaired) electrons. The molecule has 1 aliphatic heterocycles. The van der Waals surface area contributed by atoms with Crippen molar-refractivity contribution in [2.45, 2.75) is 18.8 Å². The Hall–Kier alpha value is -3.97. The highest BCUT2D eigenvalue weighted by molar-refractivity contribution is 6.34. The number of carbonyl (C=O) groups excluding carboxylic acids is 2. The predicted octanol–water partition coefficient (Wildman–Crippen LogP) is 5.90. The molecule has 0 bridgehead atoms. The van der Waals surface area contributed by atoms with Crippen LogP contribution in [0.5, 0.6) is 0 Å². The molecule has 0 saturated heterocycles. The van der Waals surface area contributed by atoms with Gasteiger partial charge in [0.05, 0.1) is 10.6 Å². The highest BCUT2D eigenvalue weighted by Crippen LogP contribution is 2.46. The van der Waals surface area contributed by atoms with E-state index in [9.17, 15) is 23.9 Å². The van der Waals surface area contributed by atoms with E-state index in [4.69, 9.17) is 11.6 Å². The molecule has 2 aliphatic rings. The fraction of sp³-hybridized carbons (Fsp3) is 0.179. The molecule has 0 spiro atoms. The number of hydrogen-bond acceptors (Lipinski definition) is 3. The minimum atomic E-state index is -0.889. The molecule has 36 heavy (non-hydrogen) atoms. The summed E-state index contributed by atoms with van der Waals surface area (Å²) < 4.78 is 13.5. The van der Waals surface area contributed by atoms with Gasteiger partial charge in [-0.25, -0.2) is 9.18 Å². The Balaban J connectivity index is 1.37. The van der Waals surface area contributed by atoms with Crippen LogP contribution in [0.4, 0.5) is 15.8 Å². The first-order chi connectivity index (χ1) is 17.3. The van der Waals surface area contributed by atoms with Gasteiger partial charge < -0.3 is 15.3 Å². The van der Waals surface area contributed by atoms with E-state index in [0.29, 0.717) is 36.2 Å². The number of anilines is 2. The van der Waals surface area contributed by atoms with Crippen molar-refractivity contribution >= 4 is 40.8 Å². The number of para-hydroxylation sites is 1. The number of nitrogens with one attached hydrogen (secondary N) is 1. The zero-order chi connectivity index (χ0) is 25.4.